The maximum atomic E-state index is 5.53. The standard InChI is InChI=1S/C6H9ClN2O.ClH/c7-6-2-1-5(10-6)4(9)3-8;/h1-2,4H,3,8-9H2;1H/t4-;/m1./s1. The Kier molecular flexibility index (Phi) is 4.52. The van der Waals surface area contributed by atoms with Gasteiger partial charge >= 0.3 is 0 Å². The van der Waals surface area contributed by atoms with Crippen LogP contribution in [0.1, 0.15) is 11.8 Å². The molecule has 4 N–H and O–H groups in total. The predicted octanol–water partition coefficient (Wildman–Crippen LogP) is 1.31. The highest BCUT2D eigenvalue weighted by molar-refractivity contribution is 6.28. The predicted molar refractivity (Wildman–Crippen MR) is 46.9 cm³/mol. The van der Waals surface area contributed by atoms with Crippen LogP contribution in [0.2, 0.25) is 5.22 Å². The van der Waals surface area contributed by atoms with E-state index >= 15 is 0 Å². The zero-order chi connectivity index (χ0) is 7.56. The van der Waals surface area contributed by atoms with Gasteiger partial charge in [-0.2, -0.15) is 0 Å². The van der Waals surface area contributed by atoms with E-state index < -0.39 is 0 Å². The lowest BCUT2D eigenvalue weighted by atomic mass is 10.2. The van der Waals surface area contributed by atoms with Gasteiger partial charge < -0.3 is 15.9 Å². The molecule has 0 unspecified atom stereocenters. The van der Waals surface area contributed by atoms with Crippen LogP contribution >= 0.6 is 24.0 Å². The molecule has 0 spiro atoms. The van der Waals surface area contributed by atoms with Crippen LogP contribution in [-0.4, -0.2) is 6.54 Å². The Morgan fingerprint density at radius 3 is 2.55 bits per heavy atom. The van der Waals surface area contributed by atoms with E-state index in [1.165, 1.54) is 0 Å². The molecule has 1 aromatic rings. The van der Waals surface area contributed by atoms with Gasteiger partial charge in [-0.1, -0.05) is 0 Å². The van der Waals surface area contributed by atoms with Gasteiger partial charge in [-0.3, -0.25) is 0 Å². The molecule has 1 aromatic heterocycles. The van der Waals surface area contributed by atoms with E-state index in [2.05, 4.69) is 0 Å². The third kappa shape index (κ3) is 2.71. The lowest BCUT2D eigenvalue weighted by Gasteiger charge is -2.02. The van der Waals surface area contributed by atoms with Crippen molar-refractivity contribution in [3.8, 4) is 0 Å². The van der Waals surface area contributed by atoms with Crippen LogP contribution in [0.25, 0.3) is 0 Å². The molecule has 0 aliphatic rings. The smallest absolute Gasteiger partial charge is 0.193 e. The zero-order valence-electron chi connectivity index (χ0n) is 5.79. The van der Waals surface area contributed by atoms with Gasteiger partial charge in [-0.15, -0.1) is 12.4 Å². The molecular weight excluding hydrogens is 187 g/mol. The summed E-state index contributed by atoms with van der Waals surface area (Å²) in [4.78, 5) is 0. The average molecular weight is 197 g/mol. The van der Waals surface area contributed by atoms with Gasteiger partial charge in [0.05, 0.1) is 6.04 Å². The third-order valence-electron chi connectivity index (χ3n) is 1.21. The number of hydrogen-bond acceptors (Lipinski definition) is 3. The van der Waals surface area contributed by atoms with Gasteiger partial charge in [0.15, 0.2) is 5.22 Å². The molecule has 0 amide bonds. The summed E-state index contributed by atoms with van der Waals surface area (Å²) in [6, 6.07) is 3.12. The van der Waals surface area contributed by atoms with Crippen LogP contribution in [0, 0.1) is 0 Å². The minimum Gasteiger partial charge on any atom is -0.448 e. The highest BCUT2D eigenvalue weighted by atomic mass is 35.5. The first kappa shape index (κ1) is 10.8. The fourth-order valence-corrected chi connectivity index (χ4v) is 0.796. The monoisotopic (exact) mass is 196 g/mol. The van der Waals surface area contributed by atoms with E-state index in [9.17, 15) is 0 Å². The van der Waals surface area contributed by atoms with Crippen molar-refractivity contribution in [2.45, 2.75) is 6.04 Å². The maximum Gasteiger partial charge on any atom is 0.193 e. The quantitative estimate of drug-likeness (QED) is 0.751. The SMILES string of the molecule is Cl.NC[C@@H](N)c1ccc(Cl)o1. The van der Waals surface area contributed by atoms with Gasteiger partial charge in [-0.25, -0.2) is 0 Å². The van der Waals surface area contributed by atoms with Gasteiger partial charge in [-0.05, 0) is 23.7 Å². The summed E-state index contributed by atoms with van der Waals surface area (Å²) in [5, 5.41) is 0.346. The molecule has 1 atom stereocenters. The minimum atomic E-state index is -0.243. The van der Waals surface area contributed by atoms with Crippen LogP contribution in [0.4, 0.5) is 0 Å². The van der Waals surface area contributed by atoms with E-state index in [-0.39, 0.29) is 18.4 Å². The van der Waals surface area contributed by atoms with Gasteiger partial charge in [0.1, 0.15) is 5.76 Å². The van der Waals surface area contributed by atoms with E-state index in [4.69, 9.17) is 27.5 Å². The Labute approximate surface area is 76.1 Å². The van der Waals surface area contributed by atoms with Crippen molar-refractivity contribution in [2.24, 2.45) is 11.5 Å². The van der Waals surface area contributed by atoms with Crippen molar-refractivity contribution in [1.29, 1.82) is 0 Å². The summed E-state index contributed by atoms with van der Waals surface area (Å²) in [6.45, 7) is 0.365. The zero-order valence-corrected chi connectivity index (χ0v) is 7.36. The summed E-state index contributed by atoms with van der Waals surface area (Å²) in [5.74, 6) is 0.632. The summed E-state index contributed by atoms with van der Waals surface area (Å²) < 4.78 is 5.00. The third-order valence-corrected chi connectivity index (χ3v) is 1.42. The summed E-state index contributed by atoms with van der Waals surface area (Å²) in [5.41, 5.74) is 10.8. The van der Waals surface area contributed by atoms with Crippen LogP contribution in [0.3, 0.4) is 0 Å². The van der Waals surface area contributed by atoms with Crippen molar-refractivity contribution >= 4 is 24.0 Å². The second kappa shape index (κ2) is 4.62. The first-order valence-electron chi connectivity index (χ1n) is 2.95. The van der Waals surface area contributed by atoms with Crippen LogP contribution < -0.4 is 11.5 Å². The molecule has 5 heteroatoms. The Bertz CT molecular complexity index is 214. The van der Waals surface area contributed by atoms with Gasteiger partial charge in [0.25, 0.3) is 0 Å². The fourth-order valence-electron chi connectivity index (χ4n) is 0.644. The molecule has 0 saturated heterocycles. The first-order valence-corrected chi connectivity index (χ1v) is 3.32. The number of furan rings is 1. The molecule has 0 bridgehead atoms. The average Bonchev–Trinajstić information content (AvgIpc) is 2.34. The van der Waals surface area contributed by atoms with Crippen molar-refractivity contribution in [2.75, 3.05) is 6.54 Å². The lowest BCUT2D eigenvalue weighted by molar-refractivity contribution is 0.471. The molecule has 0 saturated carbocycles. The normalized spacial score (nSPS) is 12.3. The molecular formula is C6H10Cl2N2O. The molecule has 0 aliphatic carbocycles. The highest BCUT2D eigenvalue weighted by Gasteiger charge is 2.06. The van der Waals surface area contributed by atoms with E-state index in [1.807, 2.05) is 0 Å². The topological polar surface area (TPSA) is 65.2 Å². The largest absolute Gasteiger partial charge is 0.448 e. The molecule has 0 aromatic carbocycles. The second-order valence-corrected chi connectivity index (χ2v) is 2.36. The molecule has 1 rings (SSSR count). The number of nitrogens with two attached hydrogens (primary N) is 2. The Morgan fingerprint density at radius 1 is 1.55 bits per heavy atom. The number of rotatable bonds is 2. The number of halogens is 2. The molecule has 0 aliphatic heterocycles. The van der Waals surface area contributed by atoms with Gasteiger partial charge in [0, 0.05) is 6.54 Å². The molecule has 0 radical (unpaired) electrons. The highest BCUT2D eigenvalue weighted by Crippen LogP contribution is 2.17. The van der Waals surface area contributed by atoms with Crippen molar-refractivity contribution in [3.63, 3.8) is 0 Å². The molecule has 11 heavy (non-hydrogen) atoms. The van der Waals surface area contributed by atoms with Gasteiger partial charge in [0.2, 0.25) is 0 Å². The Morgan fingerprint density at radius 2 is 2.18 bits per heavy atom. The van der Waals surface area contributed by atoms with E-state index in [0.717, 1.165) is 0 Å². The van der Waals surface area contributed by atoms with E-state index in [1.54, 1.807) is 12.1 Å². The van der Waals surface area contributed by atoms with Crippen molar-refractivity contribution in [3.05, 3.63) is 23.1 Å². The first-order chi connectivity index (χ1) is 4.74. The molecule has 1 heterocycles. The van der Waals surface area contributed by atoms with Crippen molar-refractivity contribution < 1.29 is 4.42 Å². The van der Waals surface area contributed by atoms with Crippen LogP contribution in [-0.2, 0) is 0 Å². The second-order valence-electron chi connectivity index (χ2n) is 1.98. The Balaban J connectivity index is 0.000001000. The molecule has 64 valence electrons. The lowest BCUT2D eigenvalue weighted by Crippen LogP contribution is -2.19. The van der Waals surface area contributed by atoms with Crippen LogP contribution in [0.15, 0.2) is 16.5 Å². The van der Waals surface area contributed by atoms with Crippen LogP contribution in [0.5, 0.6) is 0 Å². The minimum absolute atomic E-state index is 0. The summed E-state index contributed by atoms with van der Waals surface area (Å²) in [6.07, 6.45) is 0. The molecule has 0 fully saturated rings. The van der Waals surface area contributed by atoms with E-state index in [0.29, 0.717) is 17.5 Å². The summed E-state index contributed by atoms with van der Waals surface area (Å²) >= 11 is 5.50. The Hall–Kier alpha value is -0.220. The number of hydrogen-bond donors (Lipinski definition) is 2. The van der Waals surface area contributed by atoms with Crippen molar-refractivity contribution in [1.82, 2.24) is 0 Å². The maximum absolute atomic E-state index is 5.53. The summed E-state index contributed by atoms with van der Waals surface area (Å²) in [7, 11) is 0. The fraction of sp³-hybridized carbons (Fsp3) is 0.333. The molecule has 3 nitrogen and oxygen atoms in total.